The molecule has 0 radical (unpaired) electrons. The van der Waals surface area contributed by atoms with E-state index in [0.29, 0.717) is 23.8 Å². The third kappa shape index (κ3) is 3.02. The van der Waals surface area contributed by atoms with Crippen LogP contribution in [-0.4, -0.2) is 27.6 Å². The molecule has 0 amide bonds. The van der Waals surface area contributed by atoms with Crippen LogP contribution in [0.5, 0.6) is 0 Å². The lowest BCUT2D eigenvalue weighted by Crippen LogP contribution is -2.27. The summed E-state index contributed by atoms with van der Waals surface area (Å²) in [6.07, 6.45) is 3.34. The lowest BCUT2D eigenvalue weighted by Gasteiger charge is -2.24. The van der Waals surface area contributed by atoms with E-state index in [-0.39, 0.29) is 17.9 Å². The van der Waals surface area contributed by atoms with Gasteiger partial charge < -0.3 is 4.52 Å². The van der Waals surface area contributed by atoms with Crippen LogP contribution in [0.4, 0.5) is 8.78 Å². The minimum atomic E-state index is -0.861. The van der Waals surface area contributed by atoms with Gasteiger partial charge in [0.15, 0.2) is 17.5 Å². The Kier molecular flexibility index (Phi) is 4.43. The van der Waals surface area contributed by atoms with Crippen LogP contribution in [0.15, 0.2) is 53.1 Å². The molecule has 2 saturated heterocycles. The van der Waals surface area contributed by atoms with Crippen LogP contribution < -0.4 is 0 Å². The summed E-state index contributed by atoms with van der Waals surface area (Å²) in [4.78, 5) is 7.11. The summed E-state index contributed by atoms with van der Waals surface area (Å²) in [5.74, 6) is -0.508. The molecule has 2 fully saturated rings. The minimum absolute atomic E-state index is 0.0970. The number of halogens is 2. The fraction of sp³-hybridized carbons (Fsp3) is 0.364. The molecule has 2 aliphatic heterocycles. The molecule has 2 aromatic carbocycles. The Morgan fingerprint density at radius 2 is 1.93 bits per heavy atom. The Morgan fingerprint density at radius 3 is 2.79 bits per heavy atom. The molecule has 3 aromatic rings. The van der Waals surface area contributed by atoms with Gasteiger partial charge in [0.25, 0.3) is 0 Å². The maximum atomic E-state index is 13.9. The van der Waals surface area contributed by atoms with Crippen molar-refractivity contribution in [3.8, 4) is 0 Å². The van der Waals surface area contributed by atoms with E-state index >= 15 is 0 Å². The van der Waals surface area contributed by atoms with Crippen LogP contribution in [0, 0.1) is 11.6 Å². The second-order valence-electron chi connectivity index (χ2n) is 7.65. The zero-order chi connectivity index (χ0) is 19.1. The molecule has 0 spiro atoms. The van der Waals surface area contributed by atoms with Crippen molar-refractivity contribution in [1.82, 2.24) is 15.0 Å². The number of aromatic nitrogens is 2. The van der Waals surface area contributed by atoms with Gasteiger partial charge in [-0.15, -0.1) is 0 Å². The van der Waals surface area contributed by atoms with Crippen molar-refractivity contribution in [2.75, 3.05) is 6.54 Å². The van der Waals surface area contributed by atoms with Gasteiger partial charge in [-0.25, -0.2) is 8.78 Å². The van der Waals surface area contributed by atoms with E-state index in [1.807, 2.05) is 6.07 Å². The first-order valence-electron chi connectivity index (χ1n) is 9.77. The quantitative estimate of drug-likeness (QED) is 0.661. The maximum absolute atomic E-state index is 13.9. The Hall–Kier alpha value is -2.60. The van der Waals surface area contributed by atoms with Crippen molar-refractivity contribution in [2.45, 2.75) is 43.7 Å². The standard InChI is InChI=1S/C22H21F2N3O/c23-17-9-4-8-15(21(17)24)12-20-25-22(26-28-20)16-13-19(14-6-2-1-3-7-14)27-11-5-10-18(16)27/h1-4,6-9,16,18-19H,5,10-13H2/t16-,18+,19-/m0/s1. The number of fused-ring (bicyclic) bond motifs is 1. The highest BCUT2D eigenvalue weighted by Gasteiger charge is 2.46. The van der Waals surface area contributed by atoms with Crippen LogP contribution in [0.2, 0.25) is 0 Å². The molecule has 4 nitrogen and oxygen atoms in total. The van der Waals surface area contributed by atoms with Gasteiger partial charge in [-0.05, 0) is 37.4 Å². The molecule has 0 unspecified atom stereocenters. The van der Waals surface area contributed by atoms with E-state index in [9.17, 15) is 8.78 Å². The summed E-state index contributed by atoms with van der Waals surface area (Å²) in [6, 6.07) is 15.5. The average Bonchev–Trinajstić information content (AvgIpc) is 3.43. The van der Waals surface area contributed by atoms with Gasteiger partial charge in [0, 0.05) is 23.6 Å². The lowest BCUT2D eigenvalue weighted by atomic mass is 9.94. The van der Waals surface area contributed by atoms with E-state index in [4.69, 9.17) is 4.52 Å². The highest BCUT2D eigenvalue weighted by atomic mass is 19.2. The summed E-state index contributed by atoms with van der Waals surface area (Å²) in [5.41, 5.74) is 1.55. The Morgan fingerprint density at radius 1 is 1.07 bits per heavy atom. The molecule has 0 N–H and O–H groups in total. The normalized spacial score (nSPS) is 24.6. The van der Waals surface area contributed by atoms with Crippen molar-refractivity contribution >= 4 is 0 Å². The van der Waals surface area contributed by atoms with Crippen LogP contribution in [0.1, 0.15) is 54.1 Å². The van der Waals surface area contributed by atoms with Crippen molar-refractivity contribution in [1.29, 1.82) is 0 Å². The number of benzene rings is 2. The zero-order valence-electron chi connectivity index (χ0n) is 15.4. The van der Waals surface area contributed by atoms with Crippen LogP contribution in [0.25, 0.3) is 0 Å². The first-order valence-corrected chi connectivity index (χ1v) is 9.77. The summed E-state index contributed by atoms with van der Waals surface area (Å²) >= 11 is 0. The first-order chi connectivity index (χ1) is 13.7. The fourth-order valence-electron chi connectivity index (χ4n) is 4.79. The van der Waals surface area contributed by atoms with Crippen LogP contribution in [0.3, 0.4) is 0 Å². The monoisotopic (exact) mass is 381 g/mol. The zero-order valence-corrected chi connectivity index (χ0v) is 15.4. The molecule has 0 bridgehead atoms. The molecule has 0 aliphatic carbocycles. The third-order valence-electron chi connectivity index (χ3n) is 6.06. The SMILES string of the molecule is Fc1cccc(Cc2nc([C@H]3C[C@@H](c4ccccc4)N4CCC[C@H]34)no2)c1F. The first kappa shape index (κ1) is 17.5. The van der Waals surface area contributed by atoms with E-state index in [1.165, 1.54) is 18.1 Å². The Bertz CT molecular complexity index is 975. The predicted octanol–water partition coefficient (Wildman–Crippen LogP) is 4.63. The van der Waals surface area contributed by atoms with Crippen molar-refractivity contribution in [2.24, 2.45) is 0 Å². The van der Waals surface area contributed by atoms with Gasteiger partial charge in [0.2, 0.25) is 5.89 Å². The molecule has 1 aromatic heterocycles. The minimum Gasteiger partial charge on any atom is -0.339 e. The molecular weight excluding hydrogens is 360 g/mol. The molecule has 0 saturated carbocycles. The molecule has 28 heavy (non-hydrogen) atoms. The van der Waals surface area contributed by atoms with E-state index < -0.39 is 11.6 Å². The summed E-state index contributed by atoms with van der Waals surface area (Å²) in [6.45, 7) is 1.08. The topological polar surface area (TPSA) is 42.2 Å². The highest BCUT2D eigenvalue weighted by Crippen LogP contribution is 2.48. The van der Waals surface area contributed by atoms with Gasteiger partial charge in [0.05, 0.1) is 6.42 Å². The fourth-order valence-corrected chi connectivity index (χ4v) is 4.79. The molecular formula is C22H21F2N3O. The number of hydrogen-bond donors (Lipinski definition) is 0. The van der Waals surface area contributed by atoms with Gasteiger partial charge in [-0.1, -0.05) is 47.6 Å². The van der Waals surface area contributed by atoms with Gasteiger partial charge in [-0.2, -0.15) is 4.98 Å². The second kappa shape index (κ2) is 7.09. The average molecular weight is 381 g/mol. The smallest absolute Gasteiger partial charge is 0.231 e. The Labute approximate surface area is 162 Å². The van der Waals surface area contributed by atoms with Crippen LogP contribution >= 0.6 is 0 Å². The van der Waals surface area contributed by atoms with Gasteiger partial charge in [-0.3, -0.25) is 4.90 Å². The molecule has 2 aliphatic rings. The highest BCUT2D eigenvalue weighted by molar-refractivity contribution is 5.25. The summed E-state index contributed by atoms with van der Waals surface area (Å²) in [5, 5.41) is 4.21. The van der Waals surface area contributed by atoms with E-state index in [1.54, 1.807) is 6.07 Å². The molecule has 3 atom stereocenters. The molecule has 3 heterocycles. The van der Waals surface area contributed by atoms with E-state index in [0.717, 1.165) is 25.5 Å². The lowest BCUT2D eigenvalue weighted by molar-refractivity contribution is 0.243. The number of hydrogen-bond acceptors (Lipinski definition) is 4. The largest absolute Gasteiger partial charge is 0.339 e. The predicted molar refractivity (Wildman–Crippen MR) is 99.7 cm³/mol. The van der Waals surface area contributed by atoms with Crippen molar-refractivity contribution in [3.63, 3.8) is 0 Å². The molecule has 144 valence electrons. The second-order valence-corrected chi connectivity index (χ2v) is 7.65. The number of rotatable bonds is 4. The summed E-state index contributed by atoms with van der Waals surface area (Å²) < 4.78 is 32.8. The Balaban J connectivity index is 1.39. The van der Waals surface area contributed by atoms with E-state index in [2.05, 4.69) is 39.3 Å². The van der Waals surface area contributed by atoms with Crippen molar-refractivity contribution < 1.29 is 13.3 Å². The maximum Gasteiger partial charge on any atom is 0.231 e. The summed E-state index contributed by atoms with van der Waals surface area (Å²) in [7, 11) is 0. The third-order valence-corrected chi connectivity index (χ3v) is 6.06. The molecule has 6 heteroatoms. The van der Waals surface area contributed by atoms with Gasteiger partial charge in [0.1, 0.15) is 0 Å². The van der Waals surface area contributed by atoms with Crippen LogP contribution in [-0.2, 0) is 6.42 Å². The number of nitrogens with zero attached hydrogens (tertiary/aromatic N) is 3. The molecule has 5 rings (SSSR count). The van der Waals surface area contributed by atoms with Crippen molar-refractivity contribution in [3.05, 3.63) is 83.0 Å². The van der Waals surface area contributed by atoms with Gasteiger partial charge >= 0.3 is 0 Å².